The van der Waals surface area contributed by atoms with Crippen LogP contribution >= 0.6 is 0 Å². The molecule has 0 spiro atoms. The Morgan fingerprint density at radius 2 is 2.12 bits per heavy atom. The monoisotopic (exact) mass is 351 g/mol. The average Bonchev–Trinajstić information content (AvgIpc) is 3.12. The summed E-state index contributed by atoms with van der Waals surface area (Å²) in [5.41, 5.74) is 8.12. The molecule has 26 heavy (non-hydrogen) atoms. The first-order chi connectivity index (χ1) is 12.6. The van der Waals surface area contributed by atoms with Crippen LogP contribution in [0.15, 0.2) is 36.7 Å². The lowest BCUT2D eigenvalue weighted by molar-refractivity contribution is -0.147. The summed E-state index contributed by atoms with van der Waals surface area (Å²) in [5, 5.41) is 4.03. The molecule has 1 unspecified atom stereocenters. The fourth-order valence-corrected chi connectivity index (χ4v) is 2.33. The lowest BCUT2D eigenvalue weighted by Gasteiger charge is -2.12. The summed E-state index contributed by atoms with van der Waals surface area (Å²) in [6, 6.07) is 9.36. The molecule has 0 aliphatic carbocycles. The zero-order valence-electron chi connectivity index (χ0n) is 14.3. The molecule has 0 aliphatic rings. The zero-order valence-corrected chi connectivity index (χ0v) is 14.3. The molecule has 2 N–H and O–H groups in total. The van der Waals surface area contributed by atoms with E-state index in [1.54, 1.807) is 6.92 Å². The Morgan fingerprint density at radius 1 is 1.35 bits per heavy atom. The van der Waals surface area contributed by atoms with Crippen LogP contribution in [0.25, 0.3) is 5.78 Å². The summed E-state index contributed by atoms with van der Waals surface area (Å²) >= 11 is 0. The van der Waals surface area contributed by atoms with E-state index in [1.165, 1.54) is 18.0 Å². The predicted octanol–water partition coefficient (Wildman–Crippen LogP) is 1.30. The number of fused-ring (bicyclic) bond motifs is 1. The second-order valence-corrected chi connectivity index (χ2v) is 5.38. The van der Waals surface area contributed by atoms with Gasteiger partial charge in [0.05, 0.1) is 18.4 Å². The van der Waals surface area contributed by atoms with Gasteiger partial charge in [-0.3, -0.25) is 0 Å². The number of hydrogen-bond donors (Lipinski definition) is 1. The smallest absolute Gasteiger partial charge is 0.331 e. The third kappa shape index (κ3) is 3.63. The molecule has 0 saturated heterocycles. The molecule has 0 amide bonds. The number of carbonyl (C=O) groups is 1. The molecule has 0 saturated carbocycles. The van der Waals surface area contributed by atoms with Gasteiger partial charge < -0.3 is 15.2 Å². The maximum Gasteiger partial charge on any atom is 0.331 e. The molecular formula is C18H17N5O3. The largest absolute Gasteiger partial charge is 0.467 e. The van der Waals surface area contributed by atoms with Crippen LogP contribution < -0.4 is 5.73 Å². The van der Waals surface area contributed by atoms with E-state index in [0.717, 1.165) is 5.56 Å². The van der Waals surface area contributed by atoms with E-state index in [2.05, 4.69) is 31.6 Å². The lowest BCUT2D eigenvalue weighted by Crippen LogP contribution is -2.13. The van der Waals surface area contributed by atoms with Crippen molar-refractivity contribution in [2.24, 2.45) is 0 Å². The Morgan fingerprint density at radius 3 is 2.85 bits per heavy atom. The highest BCUT2D eigenvalue weighted by Gasteiger charge is 2.13. The van der Waals surface area contributed by atoms with Gasteiger partial charge in [-0.1, -0.05) is 42.2 Å². The third-order valence-corrected chi connectivity index (χ3v) is 3.67. The molecule has 8 heteroatoms. The van der Waals surface area contributed by atoms with Crippen molar-refractivity contribution in [1.82, 2.24) is 19.6 Å². The maximum absolute atomic E-state index is 11.4. The Hall–Kier alpha value is -3.44. The second-order valence-electron chi connectivity index (χ2n) is 5.38. The number of nitrogens with zero attached hydrogens (tertiary/aromatic N) is 4. The number of methoxy groups -OCH3 is 1. The number of nitrogen functional groups attached to an aromatic ring is 1. The van der Waals surface area contributed by atoms with Crippen LogP contribution in [0.1, 0.15) is 22.9 Å². The van der Waals surface area contributed by atoms with Gasteiger partial charge in [0.25, 0.3) is 5.78 Å². The van der Waals surface area contributed by atoms with E-state index in [1.807, 2.05) is 30.3 Å². The molecule has 3 aromatic rings. The van der Waals surface area contributed by atoms with Crippen LogP contribution in [-0.2, 0) is 14.3 Å². The Labute approximate surface area is 150 Å². The minimum absolute atomic E-state index is 0.209. The van der Waals surface area contributed by atoms with Crippen molar-refractivity contribution in [3.63, 3.8) is 0 Å². The van der Waals surface area contributed by atoms with Gasteiger partial charge >= 0.3 is 5.97 Å². The molecule has 0 radical (unpaired) electrons. The number of rotatable bonds is 4. The van der Waals surface area contributed by atoms with Crippen molar-refractivity contribution in [1.29, 1.82) is 0 Å². The van der Waals surface area contributed by atoms with Crippen molar-refractivity contribution in [3.05, 3.63) is 53.5 Å². The first-order valence-corrected chi connectivity index (χ1v) is 7.81. The van der Waals surface area contributed by atoms with Crippen molar-refractivity contribution >= 4 is 17.6 Å². The van der Waals surface area contributed by atoms with Gasteiger partial charge in [-0.25, -0.2) is 9.78 Å². The second kappa shape index (κ2) is 7.63. The number of carbonyl (C=O) groups excluding carboxylic acids is 1. The number of aryl methyl sites for hydroxylation is 1. The summed E-state index contributed by atoms with van der Waals surface area (Å²) in [6.07, 6.45) is 0.752. The standard InChI is InChI=1S/C18H17N5O3/c1-12-14(17(19)23-18(22-12)20-11-21-23)8-9-15(26-10-16(24)25-2)13-6-4-3-5-7-13/h3-7,11,15H,10,19H2,1-2H3. The van der Waals surface area contributed by atoms with Gasteiger partial charge in [0.1, 0.15) is 24.9 Å². The molecular weight excluding hydrogens is 334 g/mol. The van der Waals surface area contributed by atoms with Crippen molar-refractivity contribution in [2.45, 2.75) is 13.0 Å². The highest BCUT2D eigenvalue weighted by Crippen LogP contribution is 2.18. The first kappa shape index (κ1) is 17.4. The molecule has 2 aromatic heterocycles. The van der Waals surface area contributed by atoms with Gasteiger partial charge in [-0.05, 0) is 12.5 Å². The van der Waals surface area contributed by atoms with E-state index >= 15 is 0 Å². The van der Waals surface area contributed by atoms with Crippen LogP contribution in [0, 0.1) is 18.8 Å². The molecule has 0 aliphatic heterocycles. The Kier molecular flexibility index (Phi) is 5.10. The number of nitrogens with two attached hydrogens (primary N) is 1. The minimum atomic E-state index is -0.624. The van der Waals surface area contributed by atoms with E-state index in [9.17, 15) is 4.79 Å². The Bertz CT molecular complexity index is 988. The van der Waals surface area contributed by atoms with Crippen LogP contribution in [-0.4, -0.2) is 39.3 Å². The van der Waals surface area contributed by atoms with Gasteiger partial charge in [0, 0.05) is 0 Å². The third-order valence-electron chi connectivity index (χ3n) is 3.67. The quantitative estimate of drug-likeness (QED) is 0.558. The molecule has 0 fully saturated rings. The van der Waals surface area contributed by atoms with Crippen molar-refractivity contribution in [2.75, 3.05) is 19.5 Å². The molecule has 132 valence electrons. The van der Waals surface area contributed by atoms with Gasteiger partial charge in [-0.2, -0.15) is 14.6 Å². The molecule has 8 nitrogen and oxygen atoms in total. The minimum Gasteiger partial charge on any atom is -0.467 e. The molecule has 1 atom stereocenters. The van der Waals surface area contributed by atoms with Crippen LogP contribution in [0.4, 0.5) is 5.82 Å². The van der Waals surface area contributed by atoms with E-state index < -0.39 is 12.1 Å². The fourth-order valence-electron chi connectivity index (χ4n) is 2.33. The summed E-state index contributed by atoms with van der Waals surface area (Å²) < 4.78 is 11.6. The van der Waals surface area contributed by atoms with Crippen molar-refractivity contribution < 1.29 is 14.3 Å². The number of benzene rings is 1. The van der Waals surface area contributed by atoms with Crippen molar-refractivity contribution in [3.8, 4) is 11.8 Å². The highest BCUT2D eigenvalue weighted by molar-refractivity contribution is 5.70. The van der Waals surface area contributed by atoms with E-state index in [-0.39, 0.29) is 6.61 Å². The zero-order chi connectivity index (χ0) is 18.5. The fraction of sp³-hybridized carbons (Fsp3) is 0.222. The van der Waals surface area contributed by atoms with Gasteiger partial charge in [-0.15, -0.1) is 0 Å². The lowest BCUT2D eigenvalue weighted by atomic mass is 10.1. The van der Waals surface area contributed by atoms with Crippen LogP contribution in [0.3, 0.4) is 0 Å². The van der Waals surface area contributed by atoms with Crippen LogP contribution in [0.5, 0.6) is 0 Å². The SMILES string of the molecule is COC(=O)COC(C#Cc1c(C)nc2ncnn2c1N)c1ccccc1. The molecule has 2 heterocycles. The highest BCUT2D eigenvalue weighted by atomic mass is 16.6. The number of hydrogen-bond acceptors (Lipinski definition) is 7. The number of anilines is 1. The predicted molar refractivity (Wildman–Crippen MR) is 94.0 cm³/mol. The number of esters is 1. The van der Waals surface area contributed by atoms with Gasteiger partial charge in [0.15, 0.2) is 0 Å². The van der Waals surface area contributed by atoms with Gasteiger partial charge in [0.2, 0.25) is 0 Å². The normalized spacial score (nSPS) is 11.6. The maximum atomic E-state index is 11.4. The summed E-state index contributed by atoms with van der Waals surface area (Å²) in [4.78, 5) is 19.7. The average molecular weight is 351 g/mol. The Balaban J connectivity index is 1.96. The number of ether oxygens (including phenoxy) is 2. The molecule has 3 rings (SSSR count). The van der Waals surface area contributed by atoms with E-state index in [0.29, 0.717) is 22.9 Å². The molecule has 0 bridgehead atoms. The topological polar surface area (TPSA) is 105 Å². The van der Waals surface area contributed by atoms with Crippen LogP contribution in [0.2, 0.25) is 0 Å². The molecule has 1 aromatic carbocycles. The summed E-state index contributed by atoms with van der Waals surface area (Å²) in [7, 11) is 1.30. The summed E-state index contributed by atoms with van der Waals surface area (Å²) in [6.45, 7) is 1.58. The first-order valence-electron chi connectivity index (χ1n) is 7.81. The summed E-state index contributed by atoms with van der Waals surface area (Å²) in [5.74, 6) is 6.29. The number of aromatic nitrogens is 4. The van der Waals surface area contributed by atoms with E-state index in [4.69, 9.17) is 10.5 Å².